The number of nitrogens with two attached hydrogens (primary N) is 2. The average Bonchev–Trinajstić information content (AvgIpc) is 1.59. The number of halogens is 1. The molecule has 0 unspecified atom stereocenters. The van der Waals surface area contributed by atoms with E-state index < -0.39 is 0 Å². The van der Waals surface area contributed by atoms with Gasteiger partial charge in [-0.05, 0) is 6.92 Å². The maximum atomic E-state index is 5.33. The minimum absolute atomic E-state index is 0. The lowest BCUT2D eigenvalue weighted by Crippen LogP contribution is -1.98. The smallest absolute Gasteiger partial charge is 0.130 e. The first-order valence-corrected chi connectivity index (χ1v) is 2.55. The monoisotopic (exact) mass is 160 g/mol. The fourth-order valence-electron chi connectivity index (χ4n) is 0.615. The number of aromatic nitrogens is 2. The lowest BCUT2D eigenvalue weighted by atomic mass is 10.5. The Labute approximate surface area is 65.1 Å². The molecule has 0 amide bonds. The van der Waals surface area contributed by atoms with Crippen molar-refractivity contribution in [3.05, 3.63) is 11.9 Å². The first-order chi connectivity index (χ1) is 4.18. The van der Waals surface area contributed by atoms with Crippen LogP contribution < -0.4 is 11.5 Å². The summed E-state index contributed by atoms with van der Waals surface area (Å²) in [4.78, 5) is 7.64. The molecule has 4 nitrogen and oxygen atoms in total. The number of aryl methyl sites for hydroxylation is 1. The highest BCUT2D eigenvalue weighted by atomic mass is 35.5. The number of rotatable bonds is 0. The molecule has 10 heavy (non-hydrogen) atoms. The van der Waals surface area contributed by atoms with Crippen LogP contribution in [0.25, 0.3) is 0 Å². The normalized spacial score (nSPS) is 8.50. The molecule has 0 saturated carbocycles. The molecule has 1 aromatic heterocycles. The van der Waals surface area contributed by atoms with Gasteiger partial charge in [-0.15, -0.1) is 12.4 Å². The summed E-state index contributed by atoms with van der Waals surface area (Å²) in [5, 5.41) is 0. The molecule has 1 aromatic rings. The zero-order chi connectivity index (χ0) is 6.85. The molecule has 0 saturated heterocycles. The van der Waals surface area contributed by atoms with Gasteiger partial charge in [-0.1, -0.05) is 0 Å². The first-order valence-electron chi connectivity index (χ1n) is 2.55. The lowest BCUT2D eigenvalue weighted by Gasteiger charge is -1.95. The van der Waals surface area contributed by atoms with Crippen LogP contribution in [0.15, 0.2) is 6.07 Å². The van der Waals surface area contributed by atoms with Crippen LogP contribution in [0.3, 0.4) is 0 Å². The summed E-state index contributed by atoms with van der Waals surface area (Å²) in [5.41, 5.74) is 10.7. The minimum Gasteiger partial charge on any atom is -0.384 e. The second-order valence-corrected chi connectivity index (χ2v) is 1.76. The van der Waals surface area contributed by atoms with Crippen LogP contribution in [0.5, 0.6) is 0 Å². The molecular weight excluding hydrogens is 152 g/mol. The largest absolute Gasteiger partial charge is 0.384 e. The van der Waals surface area contributed by atoms with Crippen LogP contribution in [-0.2, 0) is 0 Å². The molecule has 0 spiro atoms. The van der Waals surface area contributed by atoms with Gasteiger partial charge in [0.2, 0.25) is 0 Å². The van der Waals surface area contributed by atoms with E-state index in [-0.39, 0.29) is 12.4 Å². The summed E-state index contributed by atoms with van der Waals surface area (Å²) < 4.78 is 0. The molecule has 0 fully saturated rings. The van der Waals surface area contributed by atoms with Crippen LogP contribution in [-0.4, -0.2) is 9.97 Å². The van der Waals surface area contributed by atoms with Crippen LogP contribution in [0.4, 0.5) is 11.6 Å². The zero-order valence-corrected chi connectivity index (χ0v) is 6.35. The number of nitrogens with zero attached hydrogens (tertiary/aromatic N) is 2. The van der Waals surface area contributed by atoms with Gasteiger partial charge >= 0.3 is 0 Å². The van der Waals surface area contributed by atoms with Gasteiger partial charge in [0.05, 0.1) is 0 Å². The highest BCUT2D eigenvalue weighted by Crippen LogP contribution is 2.01. The van der Waals surface area contributed by atoms with E-state index in [4.69, 9.17) is 11.5 Å². The second kappa shape index (κ2) is 3.22. The Morgan fingerprint density at radius 1 is 1.20 bits per heavy atom. The van der Waals surface area contributed by atoms with E-state index >= 15 is 0 Å². The van der Waals surface area contributed by atoms with Crippen molar-refractivity contribution in [2.45, 2.75) is 6.92 Å². The van der Waals surface area contributed by atoms with Crippen molar-refractivity contribution in [3.8, 4) is 0 Å². The number of hydrogen-bond donors (Lipinski definition) is 2. The quantitative estimate of drug-likeness (QED) is 0.575. The maximum absolute atomic E-state index is 5.33. The minimum atomic E-state index is 0. The number of nitrogen functional groups attached to an aromatic ring is 2. The van der Waals surface area contributed by atoms with Crippen LogP contribution >= 0.6 is 12.4 Å². The number of anilines is 2. The summed E-state index contributed by atoms with van der Waals surface area (Å²) in [6.45, 7) is 1.74. The maximum Gasteiger partial charge on any atom is 0.130 e. The SMILES string of the molecule is Cc1nc(N)cc(N)n1.Cl. The molecule has 1 heterocycles. The third kappa shape index (κ3) is 2.06. The average molecular weight is 161 g/mol. The lowest BCUT2D eigenvalue weighted by molar-refractivity contribution is 1.07. The van der Waals surface area contributed by atoms with Gasteiger partial charge < -0.3 is 11.5 Å². The van der Waals surface area contributed by atoms with Crippen LogP contribution in [0.2, 0.25) is 0 Å². The molecule has 0 aliphatic carbocycles. The third-order valence-corrected chi connectivity index (χ3v) is 0.878. The van der Waals surface area contributed by atoms with Crippen LogP contribution in [0, 0.1) is 6.92 Å². The molecule has 4 N–H and O–H groups in total. The van der Waals surface area contributed by atoms with E-state index in [0.29, 0.717) is 17.5 Å². The van der Waals surface area contributed by atoms with Crippen molar-refractivity contribution in [1.29, 1.82) is 0 Å². The fraction of sp³-hybridized carbons (Fsp3) is 0.200. The predicted molar refractivity (Wildman–Crippen MR) is 42.8 cm³/mol. The summed E-state index contributed by atoms with van der Waals surface area (Å²) in [7, 11) is 0. The van der Waals surface area contributed by atoms with Gasteiger partial charge in [-0.3, -0.25) is 0 Å². The van der Waals surface area contributed by atoms with Gasteiger partial charge in [-0.2, -0.15) is 0 Å². The van der Waals surface area contributed by atoms with Gasteiger partial charge in [-0.25, -0.2) is 9.97 Å². The Hall–Kier alpha value is -1.03. The Balaban J connectivity index is 0.000000810. The van der Waals surface area contributed by atoms with Crippen molar-refractivity contribution >= 4 is 24.0 Å². The van der Waals surface area contributed by atoms with E-state index in [1.807, 2.05) is 0 Å². The molecule has 0 atom stereocenters. The van der Waals surface area contributed by atoms with E-state index in [9.17, 15) is 0 Å². The second-order valence-electron chi connectivity index (χ2n) is 1.76. The molecule has 56 valence electrons. The van der Waals surface area contributed by atoms with Gasteiger partial charge in [0.25, 0.3) is 0 Å². The predicted octanol–water partition coefficient (Wildman–Crippen LogP) is 0.371. The van der Waals surface area contributed by atoms with E-state index in [2.05, 4.69) is 9.97 Å². The van der Waals surface area contributed by atoms with E-state index in [0.717, 1.165) is 0 Å². The standard InChI is InChI=1S/C5H8N4.ClH/c1-3-8-4(6)2-5(7)9-3;/h2H,1H3,(H4,6,7,8,9);1H. The summed E-state index contributed by atoms with van der Waals surface area (Å²) in [6.07, 6.45) is 0. The highest BCUT2D eigenvalue weighted by Gasteiger charge is 1.91. The fourth-order valence-corrected chi connectivity index (χ4v) is 0.615. The van der Waals surface area contributed by atoms with Gasteiger partial charge in [0.1, 0.15) is 17.5 Å². The summed E-state index contributed by atoms with van der Waals surface area (Å²) in [5.74, 6) is 1.44. The molecular formula is C5H9ClN4. The summed E-state index contributed by atoms with van der Waals surface area (Å²) >= 11 is 0. The van der Waals surface area contributed by atoms with E-state index in [1.54, 1.807) is 6.92 Å². The zero-order valence-electron chi connectivity index (χ0n) is 5.53. The topological polar surface area (TPSA) is 77.8 Å². The number of hydrogen-bond acceptors (Lipinski definition) is 4. The summed E-state index contributed by atoms with van der Waals surface area (Å²) in [6, 6.07) is 1.52. The Morgan fingerprint density at radius 2 is 1.60 bits per heavy atom. The Morgan fingerprint density at radius 3 is 1.90 bits per heavy atom. The van der Waals surface area contributed by atoms with Crippen LogP contribution in [0.1, 0.15) is 5.82 Å². The van der Waals surface area contributed by atoms with Crippen molar-refractivity contribution in [3.63, 3.8) is 0 Å². The highest BCUT2D eigenvalue weighted by molar-refractivity contribution is 5.85. The van der Waals surface area contributed by atoms with Gasteiger partial charge in [0, 0.05) is 6.07 Å². The van der Waals surface area contributed by atoms with Crippen molar-refractivity contribution < 1.29 is 0 Å². The van der Waals surface area contributed by atoms with Crippen molar-refractivity contribution in [2.24, 2.45) is 0 Å². The first kappa shape index (κ1) is 8.97. The van der Waals surface area contributed by atoms with Crippen molar-refractivity contribution in [1.82, 2.24) is 9.97 Å². The third-order valence-electron chi connectivity index (χ3n) is 0.878. The van der Waals surface area contributed by atoms with Gasteiger partial charge in [0.15, 0.2) is 0 Å². The molecule has 0 aliphatic heterocycles. The van der Waals surface area contributed by atoms with Crippen molar-refractivity contribution in [2.75, 3.05) is 11.5 Å². The molecule has 0 aliphatic rings. The molecule has 0 aromatic carbocycles. The molecule has 0 bridgehead atoms. The molecule has 0 radical (unpaired) electrons. The molecule has 1 rings (SSSR count). The Kier molecular flexibility index (Phi) is 2.89. The van der Waals surface area contributed by atoms with E-state index in [1.165, 1.54) is 6.07 Å². The Bertz CT molecular complexity index is 174. The molecule has 5 heteroatoms.